The SMILES string of the molecule is N#CC1CCN(Cc2ccc(Br)cc2N2CCCCC2)CC1. The lowest BCUT2D eigenvalue weighted by molar-refractivity contribution is 0.198. The topological polar surface area (TPSA) is 30.3 Å². The monoisotopic (exact) mass is 361 g/mol. The van der Waals surface area contributed by atoms with E-state index in [0.717, 1.165) is 32.5 Å². The van der Waals surface area contributed by atoms with Gasteiger partial charge in [-0.25, -0.2) is 0 Å². The molecule has 0 unspecified atom stereocenters. The first-order chi connectivity index (χ1) is 10.8. The molecule has 1 aromatic carbocycles. The molecule has 0 N–H and O–H groups in total. The minimum absolute atomic E-state index is 0.266. The summed E-state index contributed by atoms with van der Waals surface area (Å²) in [7, 11) is 0. The molecular weight excluding hydrogens is 338 g/mol. The molecule has 0 amide bonds. The van der Waals surface area contributed by atoms with Crippen LogP contribution in [0.5, 0.6) is 0 Å². The van der Waals surface area contributed by atoms with E-state index in [1.807, 2.05) is 0 Å². The molecule has 0 radical (unpaired) electrons. The fraction of sp³-hybridized carbons (Fsp3) is 0.611. The first kappa shape index (κ1) is 15.8. The van der Waals surface area contributed by atoms with Crippen molar-refractivity contribution >= 4 is 21.6 Å². The number of benzene rings is 1. The zero-order chi connectivity index (χ0) is 15.4. The number of rotatable bonds is 3. The number of halogens is 1. The van der Waals surface area contributed by atoms with Crippen molar-refractivity contribution in [3.8, 4) is 6.07 Å². The number of piperidine rings is 2. The van der Waals surface area contributed by atoms with Crippen molar-refractivity contribution in [3.63, 3.8) is 0 Å². The maximum Gasteiger partial charge on any atom is 0.0656 e. The third kappa shape index (κ3) is 3.83. The quantitative estimate of drug-likeness (QED) is 0.808. The number of nitriles is 1. The van der Waals surface area contributed by atoms with E-state index in [2.05, 4.69) is 50.0 Å². The molecule has 0 atom stereocenters. The van der Waals surface area contributed by atoms with Crippen molar-refractivity contribution in [2.75, 3.05) is 31.1 Å². The lowest BCUT2D eigenvalue weighted by atomic mass is 9.98. The van der Waals surface area contributed by atoms with Gasteiger partial charge in [-0.05, 0) is 62.9 Å². The van der Waals surface area contributed by atoms with Crippen LogP contribution in [0.2, 0.25) is 0 Å². The van der Waals surface area contributed by atoms with Gasteiger partial charge in [0.2, 0.25) is 0 Å². The Morgan fingerprint density at radius 3 is 2.50 bits per heavy atom. The smallest absolute Gasteiger partial charge is 0.0656 e. The van der Waals surface area contributed by atoms with Crippen molar-refractivity contribution in [1.82, 2.24) is 4.90 Å². The van der Waals surface area contributed by atoms with Crippen LogP contribution in [0.1, 0.15) is 37.7 Å². The van der Waals surface area contributed by atoms with Gasteiger partial charge in [-0.2, -0.15) is 5.26 Å². The van der Waals surface area contributed by atoms with E-state index in [1.165, 1.54) is 48.1 Å². The molecule has 0 saturated carbocycles. The van der Waals surface area contributed by atoms with E-state index < -0.39 is 0 Å². The third-order valence-electron chi connectivity index (χ3n) is 4.91. The average molecular weight is 362 g/mol. The normalized spacial score (nSPS) is 20.8. The van der Waals surface area contributed by atoms with Crippen LogP contribution >= 0.6 is 15.9 Å². The first-order valence-electron chi connectivity index (χ1n) is 8.41. The zero-order valence-corrected chi connectivity index (χ0v) is 14.7. The van der Waals surface area contributed by atoms with Crippen molar-refractivity contribution in [2.24, 2.45) is 5.92 Å². The second kappa shape index (κ2) is 7.48. The molecule has 2 aliphatic heterocycles. The molecule has 1 aromatic rings. The minimum Gasteiger partial charge on any atom is -0.371 e. The molecule has 4 heteroatoms. The summed E-state index contributed by atoms with van der Waals surface area (Å²) in [6.45, 7) is 5.47. The Bertz CT molecular complexity index is 538. The summed E-state index contributed by atoms with van der Waals surface area (Å²) in [5.74, 6) is 0.266. The molecule has 22 heavy (non-hydrogen) atoms. The van der Waals surface area contributed by atoms with Crippen molar-refractivity contribution < 1.29 is 0 Å². The van der Waals surface area contributed by atoms with Gasteiger partial charge in [0.15, 0.2) is 0 Å². The van der Waals surface area contributed by atoms with E-state index >= 15 is 0 Å². The van der Waals surface area contributed by atoms with Crippen molar-refractivity contribution in [2.45, 2.75) is 38.6 Å². The fourth-order valence-corrected chi connectivity index (χ4v) is 3.91. The molecule has 2 aliphatic rings. The molecule has 2 heterocycles. The predicted molar refractivity (Wildman–Crippen MR) is 93.8 cm³/mol. The molecular formula is C18H24BrN3. The number of likely N-dealkylation sites (tertiary alicyclic amines) is 1. The largest absolute Gasteiger partial charge is 0.371 e. The van der Waals surface area contributed by atoms with Gasteiger partial charge in [0.25, 0.3) is 0 Å². The van der Waals surface area contributed by atoms with Crippen LogP contribution < -0.4 is 4.90 Å². The Hall–Kier alpha value is -1.05. The van der Waals surface area contributed by atoms with E-state index in [9.17, 15) is 0 Å². The summed E-state index contributed by atoms with van der Waals surface area (Å²) in [5.41, 5.74) is 2.83. The van der Waals surface area contributed by atoms with E-state index in [0.29, 0.717) is 0 Å². The number of hydrogen-bond donors (Lipinski definition) is 0. The molecule has 118 valence electrons. The van der Waals surface area contributed by atoms with Crippen LogP contribution in [0.25, 0.3) is 0 Å². The van der Waals surface area contributed by atoms with E-state index in [1.54, 1.807) is 0 Å². The summed E-state index contributed by atoms with van der Waals surface area (Å²) >= 11 is 3.63. The van der Waals surface area contributed by atoms with Gasteiger partial charge in [-0.3, -0.25) is 4.90 Å². The molecule has 2 saturated heterocycles. The van der Waals surface area contributed by atoms with Crippen LogP contribution in [0.4, 0.5) is 5.69 Å². The number of nitrogens with zero attached hydrogens (tertiary/aromatic N) is 3. The van der Waals surface area contributed by atoms with Crippen LogP contribution in [0, 0.1) is 17.2 Å². The molecule has 0 aliphatic carbocycles. The molecule has 2 fully saturated rings. The van der Waals surface area contributed by atoms with Crippen LogP contribution in [-0.4, -0.2) is 31.1 Å². The van der Waals surface area contributed by atoms with E-state index in [4.69, 9.17) is 5.26 Å². The standard InChI is InChI=1S/C18H24BrN3/c19-17-5-4-16(14-21-10-6-15(13-20)7-11-21)18(12-17)22-8-2-1-3-9-22/h4-5,12,15H,1-3,6-11,14H2. The maximum atomic E-state index is 9.03. The van der Waals surface area contributed by atoms with Crippen molar-refractivity contribution in [3.05, 3.63) is 28.2 Å². The molecule has 0 spiro atoms. The highest BCUT2D eigenvalue weighted by molar-refractivity contribution is 9.10. The van der Waals surface area contributed by atoms with Gasteiger partial charge in [0.05, 0.1) is 6.07 Å². The fourth-order valence-electron chi connectivity index (χ4n) is 3.56. The summed E-state index contributed by atoms with van der Waals surface area (Å²) in [6, 6.07) is 9.12. The summed E-state index contributed by atoms with van der Waals surface area (Å²) in [4.78, 5) is 5.05. The summed E-state index contributed by atoms with van der Waals surface area (Å²) in [5, 5.41) is 9.03. The highest BCUT2D eigenvalue weighted by Gasteiger charge is 2.21. The Morgan fingerprint density at radius 2 is 1.82 bits per heavy atom. The van der Waals surface area contributed by atoms with E-state index in [-0.39, 0.29) is 5.92 Å². The van der Waals surface area contributed by atoms with Gasteiger partial charge in [-0.1, -0.05) is 22.0 Å². The number of anilines is 1. The van der Waals surface area contributed by atoms with Gasteiger partial charge >= 0.3 is 0 Å². The Morgan fingerprint density at radius 1 is 1.09 bits per heavy atom. The third-order valence-corrected chi connectivity index (χ3v) is 5.40. The highest BCUT2D eigenvalue weighted by atomic mass is 79.9. The average Bonchev–Trinajstić information content (AvgIpc) is 2.58. The summed E-state index contributed by atoms with van der Waals surface area (Å²) < 4.78 is 1.17. The number of hydrogen-bond acceptors (Lipinski definition) is 3. The zero-order valence-electron chi connectivity index (χ0n) is 13.1. The first-order valence-corrected chi connectivity index (χ1v) is 9.21. The highest BCUT2D eigenvalue weighted by Crippen LogP contribution is 2.29. The molecule has 3 nitrogen and oxygen atoms in total. The second-order valence-corrected chi connectivity index (χ2v) is 7.42. The van der Waals surface area contributed by atoms with Gasteiger partial charge in [0.1, 0.15) is 0 Å². The predicted octanol–water partition coefficient (Wildman–Crippen LogP) is 4.17. The Labute approximate surface area is 142 Å². The Balaban J connectivity index is 1.71. The van der Waals surface area contributed by atoms with Gasteiger partial charge < -0.3 is 4.90 Å². The van der Waals surface area contributed by atoms with Crippen LogP contribution in [-0.2, 0) is 6.54 Å². The second-order valence-electron chi connectivity index (χ2n) is 6.50. The van der Waals surface area contributed by atoms with Gasteiger partial charge in [0, 0.05) is 35.7 Å². The maximum absolute atomic E-state index is 9.03. The molecule has 0 aromatic heterocycles. The molecule has 0 bridgehead atoms. The lowest BCUT2D eigenvalue weighted by Crippen LogP contribution is -2.34. The van der Waals surface area contributed by atoms with Crippen molar-refractivity contribution in [1.29, 1.82) is 5.26 Å². The lowest BCUT2D eigenvalue weighted by Gasteiger charge is -2.34. The van der Waals surface area contributed by atoms with Crippen LogP contribution in [0.15, 0.2) is 22.7 Å². The van der Waals surface area contributed by atoms with Crippen LogP contribution in [0.3, 0.4) is 0 Å². The Kier molecular flexibility index (Phi) is 5.38. The summed E-state index contributed by atoms with van der Waals surface area (Å²) in [6.07, 6.45) is 6.01. The van der Waals surface area contributed by atoms with Gasteiger partial charge in [-0.15, -0.1) is 0 Å². The molecule has 3 rings (SSSR count). The minimum atomic E-state index is 0.266.